The highest BCUT2D eigenvalue weighted by atomic mass is 32.2. The molecule has 0 radical (unpaired) electrons. The van der Waals surface area contributed by atoms with Crippen LogP contribution in [0, 0.1) is 0 Å². The maximum Gasteiger partial charge on any atom is 0.210 e. The molecule has 0 spiro atoms. The Bertz CT molecular complexity index is 1330. The number of benzene rings is 4. The Morgan fingerprint density at radius 2 is 1.25 bits per heavy atom. The van der Waals surface area contributed by atoms with Gasteiger partial charge in [-0.25, -0.2) is 8.42 Å². The van der Waals surface area contributed by atoms with E-state index in [0.717, 1.165) is 11.1 Å². The van der Waals surface area contributed by atoms with Gasteiger partial charge in [-0.2, -0.15) is 0 Å². The average molecular weight is 444 g/mol. The van der Waals surface area contributed by atoms with Gasteiger partial charge in [0.15, 0.2) is 0 Å². The van der Waals surface area contributed by atoms with Crippen molar-refractivity contribution in [2.45, 2.75) is 29.1 Å². The second kappa shape index (κ2) is 8.52. The number of ether oxygens (including phenoxy) is 1. The van der Waals surface area contributed by atoms with Gasteiger partial charge in [0.2, 0.25) is 9.84 Å². The third kappa shape index (κ3) is 4.12. The highest BCUT2D eigenvalue weighted by molar-refractivity contribution is 7.91. The van der Waals surface area contributed by atoms with Crippen LogP contribution in [0.3, 0.4) is 0 Å². The molecular formula is C27H25NO3S. The van der Waals surface area contributed by atoms with Crippen LogP contribution < -0.4 is 10.5 Å². The summed E-state index contributed by atoms with van der Waals surface area (Å²) in [5.74, 6) is 0.891. The molecule has 0 atom stereocenters. The minimum Gasteiger partial charge on any atom is -0.456 e. The summed E-state index contributed by atoms with van der Waals surface area (Å²) >= 11 is 0. The van der Waals surface area contributed by atoms with Crippen molar-refractivity contribution in [2.75, 3.05) is 5.73 Å². The Labute approximate surface area is 189 Å². The molecule has 4 aromatic carbocycles. The SMILES string of the molecule is CC(C)(c1ccc(N)cc1)c1ccccc1Oc1ccccc1S(=O)(=O)c1ccccc1. The van der Waals surface area contributed by atoms with Gasteiger partial charge < -0.3 is 10.5 Å². The molecule has 0 saturated heterocycles. The second-order valence-electron chi connectivity index (χ2n) is 8.11. The molecule has 0 saturated carbocycles. The van der Waals surface area contributed by atoms with Gasteiger partial charge in [0, 0.05) is 16.7 Å². The lowest BCUT2D eigenvalue weighted by Gasteiger charge is -2.28. The van der Waals surface area contributed by atoms with Crippen LogP contribution in [0.2, 0.25) is 0 Å². The Hall–Kier alpha value is -3.57. The first-order chi connectivity index (χ1) is 15.3. The quantitative estimate of drug-likeness (QED) is 0.359. The number of sulfone groups is 1. The summed E-state index contributed by atoms with van der Waals surface area (Å²) in [6, 6.07) is 30.6. The first-order valence-corrected chi connectivity index (χ1v) is 11.8. The maximum absolute atomic E-state index is 13.3. The zero-order valence-corrected chi connectivity index (χ0v) is 18.8. The molecule has 0 bridgehead atoms. The summed E-state index contributed by atoms with van der Waals surface area (Å²) in [4.78, 5) is 0.359. The van der Waals surface area contributed by atoms with E-state index >= 15 is 0 Å². The van der Waals surface area contributed by atoms with Crippen molar-refractivity contribution < 1.29 is 13.2 Å². The maximum atomic E-state index is 13.3. The third-order valence-corrected chi connectivity index (χ3v) is 7.41. The smallest absolute Gasteiger partial charge is 0.210 e. The summed E-state index contributed by atoms with van der Waals surface area (Å²) in [7, 11) is -3.73. The largest absolute Gasteiger partial charge is 0.456 e. The standard InChI is InChI=1S/C27H25NO3S/c1-27(2,20-16-18-21(28)19-17-20)23-12-6-7-13-24(23)31-25-14-8-9-15-26(25)32(29,30)22-10-4-3-5-11-22/h3-19H,28H2,1-2H3. The lowest BCUT2D eigenvalue weighted by atomic mass is 9.77. The van der Waals surface area contributed by atoms with Crippen molar-refractivity contribution in [1.82, 2.24) is 0 Å². The van der Waals surface area contributed by atoms with E-state index in [1.807, 2.05) is 48.5 Å². The van der Waals surface area contributed by atoms with Gasteiger partial charge in [-0.1, -0.05) is 74.5 Å². The molecule has 0 aliphatic rings. The van der Waals surface area contributed by atoms with Crippen molar-refractivity contribution in [2.24, 2.45) is 0 Å². The number of hydrogen-bond acceptors (Lipinski definition) is 4. The van der Waals surface area contributed by atoms with E-state index < -0.39 is 15.3 Å². The molecule has 2 N–H and O–H groups in total. The minimum atomic E-state index is -3.73. The molecule has 0 unspecified atom stereocenters. The molecule has 0 heterocycles. The van der Waals surface area contributed by atoms with Gasteiger partial charge in [-0.05, 0) is 48.0 Å². The number of para-hydroxylation sites is 2. The van der Waals surface area contributed by atoms with Crippen LogP contribution in [0.15, 0.2) is 113 Å². The Kier molecular flexibility index (Phi) is 5.76. The van der Waals surface area contributed by atoms with Crippen LogP contribution in [0.4, 0.5) is 5.69 Å². The lowest BCUT2D eigenvalue weighted by Crippen LogP contribution is -2.20. The highest BCUT2D eigenvalue weighted by Gasteiger charge is 2.28. The fourth-order valence-corrected chi connectivity index (χ4v) is 5.13. The van der Waals surface area contributed by atoms with Crippen LogP contribution in [0.25, 0.3) is 0 Å². The molecule has 5 heteroatoms. The van der Waals surface area contributed by atoms with Crippen LogP contribution in [0.1, 0.15) is 25.0 Å². The number of anilines is 1. The summed E-state index contributed by atoms with van der Waals surface area (Å²) in [6.07, 6.45) is 0. The first kappa shape index (κ1) is 21.7. The van der Waals surface area contributed by atoms with E-state index in [1.54, 1.807) is 54.6 Å². The monoisotopic (exact) mass is 443 g/mol. The van der Waals surface area contributed by atoms with Gasteiger partial charge in [-0.15, -0.1) is 0 Å². The molecule has 4 aromatic rings. The molecule has 0 aromatic heterocycles. The van der Waals surface area contributed by atoms with Crippen molar-refractivity contribution in [1.29, 1.82) is 0 Å². The normalized spacial score (nSPS) is 11.8. The predicted octanol–water partition coefficient (Wildman–Crippen LogP) is 6.22. The first-order valence-electron chi connectivity index (χ1n) is 10.3. The number of hydrogen-bond donors (Lipinski definition) is 1. The molecule has 4 nitrogen and oxygen atoms in total. The fourth-order valence-electron chi connectivity index (χ4n) is 3.73. The Morgan fingerprint density at radius 1 is 0.688 bits per heavy atom. The van der Waals surface area contributed by atoms with E-state index in [4.69, 9.17) is 10.5 Å². The minimum absolute atomic E-state index is 0.131. The van der Waals surface area contributed by atoms with E-state index in [1.165, 1.54) is 0 Å². The topological polar surface area (TPSA) is 69.4 Å². The summed E-state index contributed by atoms with van der Waals surface area (Å²) in [5.41, 5.74) is 8.19. The van der Waals surface area contributed by atoms with E-state index in [0.29, 0.717) is 11.4 Å². The van der Waals surface area contributed by atoms with Crippen LogP contribution in [-0.4, -0.2) is 8.42 Å². The molecule has 162 valence electrons. The van der Waals surface area contributed by atoms with Crippen LogP contribution in [-0.2, 0) is 15.3 Å². The van der Waals surface area contributed by atoms with Crippen molar-refractivity contribution >= 4 is 15.5 Å². The van der Waals surface area contributed by atoms with Crippen molar-refractivity contribution in [3.8, 4) is 11.5 Å². The number of rotatable bonds is 6. The lowest BCUT2D eigenvalue weighted by molar-refractivity contribution is 0.449. The average Bonchev–Trinajstić information content (AvgIpc) is 2.80. The second-order valence-corrected chi connectivity index (χ2v) is 10.0. The van der Waals surface area contributed by atoms with Gasteiger partial charge in [-0.3, -0.25) is 0 Å². The molecular weight excluding hydrogens is 418 g/mol. The van der Waals surface area contributed by atoms with Crippen molar-refractivity contribution in [3.63, 3.8) is 0 Å². The molecule has 0 aliphatic heterocycles. The predicted molar refractivity (Wildman–Crippen MR) is 128 cm³/mol. The molecule has 0 fully saturated rings. The van der Waals surface area contributed by atoms with Gasteiger partial charge in [0.25, 0.3) is 0 Å². The molecule has 0 aliphatic carbocycles. The molecule has 32 heavy (non-hydrogen) atoms. The Balaban J connectivity index is 1.77. The van der Waals surface area contributed by atoms with Crippen molar-refractivity contribution in [3.05, 3.63) is 114 Å². The number of nitrogens with two attached hydrogens (primary N) is 1. The summed E-state index contributed by atoms with van der Waals surface area (Å²) in [6.45, 7) is 4.21. The zero-order chi connectivity index (χ0) is 22.8. The van der Waals surface area contributed by atoms with E-state index in [9.17, 15) is 8.42 Å². The third-order valence-electron chi connectivity index (χ3n) is 5.60. The van der Waals surface area contributed by atoms with Crippen LogP contribution >= 0.6 is 0 Å². The number of nitrogen functional groups attached to an aromatic ring is 1. The molecule has 0 amide bonds. The van der Waals surface area contributed by atoms with Gasteiger partial charge in [0.05, 0.1) is 4.90 Å². The van der Waals surface area contributed by atoms with Crippen LogP contribution in [0.5, 0.6) is 11.5 Å². The fraction of sp³-hybridized carbons (Fsp3) is 0.111. The Morgan fingerprint density at radius 3 is 1.94 bits per heavy atom. The molecule has 4 rings (SSSR count). The van der Waals surface area contributed by atoms with Gasteiger partial charge >= 0.3 is 0 Å². The van der Waals surface area contributed by atoms with Gasteiger partial charge in [0.1, 0.15) is 16.4 Å². The van der Waals surface area contributed by atoms with E-state index in [-0.39, 0.29) is 15.5 Å². The zero-order valence-electron chi connectivity index (χ0n) is 18.0. The summed E-state index contributed by atoms with van der Waals surface area (Å²) < 4.78 is 32.9. The highest BCUT2D eigenvalue weighted by Crippen LogP contribution is 2.40. The van der Waals surface area contributed by atoms with E-state index in [2.05, 4.69) is 13.8 Å². The summed E-state index contributed by atoms with van der Waals surface area (Å²) in [5, 5.41) is 0.